The number of hydrogen-bond acceptors (Lipinski definition) is 4. The van der Waals surface area contributed by atoms with Crippen molar-refractivity contribution in [1.82, 2.24) is 9.78 Å². The Morgan fingerprint density at radius 2 is 2.11 bits per heavy atom. The van der Waals surface area contributed by atoms with Gasteiger partial charge in [-0.2, -0.15) is 5.10 Å². The molecular formula is C13H21N3O2. The maximum atomic E-state index is 11.2. The van der Waals surface area contributed by atoms with Crippen LogP contribution >= 0.6 is 0 Å². The van der Waals surface area contributed by atoms with E-state index in [2.05, 4.69) is 5.10 Å². The van der Waals surface area contributed by atoms with Gasteiger partial charge in [-0.05, 0) is 19.8 Å². The van der Waals surface area contributed by atoms with Gasteiger partial charge in [0.2, 0.25) is 0 Å². The molecular weight excluding hydrogens is 230 g/mol. The van der Waals surface area contributed by atoms with Crippen molar-refractivity contribution in [2.24, 2.45) is 7.05 Å². The molecule has 1 aromatic heterocycles. The summed E-state index contributed by atoms with van der Waals surface area (Å²) < 4.78 is 1.72. The van der Waals surface area contributed by atoms with Crippen LogP contribution in [0.2, 0.25) is 0 Å². The summed E-state index contributed by atoms with van der Waals surface area (Å²) in [5.41, 5.74) is 1.36. The molecule has 1 fully saturated rings. The molecule has 1 aliphatic carbocycles. The third-order valence-corrected chi connectivity index (χ3v) is 3.88. The van der Waals surface area contributed by atoms with Crippen LogP contribution in [0.3, 0.4) is 0 Å². The van der Waals surface area contributed by atoms with E-state index in [0.29, 0.717) is 5.56 Å². The lowest BCUT2D eigenvalue weighted by molar-refractivity contribution is 0.105. The lowest BCUT2D eigenvalue weighted by atomic mass is 9.91. The first-order chi connectivity index (χ1) is 8.56. The average molecular weight is 251 g/mol. The molecule has 18 heavy (non-hydrogen) atoms. The van der Waals surface area contributed by atoms with Gasteiger partial charge < -0.3 is 10.0 Å². The van der Waals surface area contributed by atoms with Gasteiger partial charge in [-0.1, -0.05) is 12.8 Å². The number of aliphatic hydroxyl groups is 1. The SMILES string of the molecule is Cc1nn(C)c(N(C)C2CCCCC2O)c1C=O. The summed E-state index contributed by atoms with van der Waals surface area (Å²) in [5, 5.41) is 14.4. The van der Waals surface area contributed by atoms with E-state index in [1.54, 1.807) is 4.68 Å². The summed E-state index contributed by atoms with van der Waals surface area (Å²) in [6.45, 7) is 1.83. The smallest absolute Gasteiger partial charge is 0.155 e. The van der Waals surface area contributed by atoms with E-state index in [0.717, 1.165) is 43.5 Å². The van der Waals surface area contributed by atoms with Crippen LogP contribution in [0.15, 0.2) is 0 Å². The van der Waals surface area contributed by atoms with Gasteiger partial charge in [0.15, 0.2) is 6.29 Å². The van der Waals surface area contributed by atoms with Crippen LogP contribution in [0.1, 0.15) is 41.7 Å². The molecule has 1 aliphatic rings. The molecule has 2 rings (SSSR count). The van der Waals surface area contributed by atoms with Crippen molar-refractivity contribution in [1.29, 1.82) is 0 Å². The molecule has 0 aliphatic heterocycles. The van der Waals surface area contributed by atoms with Crippen LogP contribution in [-0.4, -0.2) is 40.4 Å². The number of hydrogen-bond donors (Lipinski definition) is 1. The summed E-state index contributed by atoms with van der Waals surface area (Å²) in [6, 6.07) is 0.0762. The minimum absolute atomic E-state index is 0.0762. The van der Waals surface area contributed by atoms with Crippen molar-refractivity contribution in [3.63, 3.8) is 0 Å². The molecule has 0 aromatic carbocycles. The molecule has 1 aromatic rings. The van der Waals surface area contributed by atoms with Crippen LogP contribution in [0.25, 0.3) is 0 Å². The van der Waals surface area contributed by atoms with E-state index in [1.165, 1.54) is 0 Å². The first kappa shape index (κ1) is 13.1. The fourth-order valence-corrected chi connectivity index (χ4v) is 2.92. The third kappa shape index (κ3) is 2.14. The van der Waals surface area contributed by atoms with E-state index in [1.807, 2.05) is 25.9 Å². The lowest BCUT2D eigenvalue weighted by Gasteiger charge is -2.36. The molecule has 2 atom stereocenters. The number of anilines is 1. The fourth-order valence-electron chi connectivity index (χ4n) is 2.92. The lowest BCUT2D eigenvalue weighted by Crippen LogP contribution is -2.44. The number of aliphatic hydroxyl groups excluding tert-OH is 1. The number of nitrogens with zero attached hydrogens (tertiary/aromatic N) is 3. The first-order valence-corrected chi connectivity index (χ1v) is 6.46. The highest BCUT2D eigenvalue weighted by Gasteiger charge is 2.30. The van der Waals surface area contributed by atoms with Crippen molar-refractivity contribution in [3.05, 3.63) is 11.3 Å². The minimum Gasteiger partial charge on any atom is -0.391 e. The Morgan fingerprint density at radius 3 is 2.72 bits per heavy atom. The monoisotopic (exact) mass is 251 g/mol. The van der Waals surface area contributed by atoms with Crippen LogP contribution in [0.5, 0.6) is 0 Å². The van der Waals surface area contributed by atoms with Gasteiger partial charge in [0, 0.05) is 14.1 Å². The van der Waals surface area contributed by atoms with Gasteiger partial charge in [-0.3, -0.25) is 9.48 Å². The number of aldehydes is 1. The zero-order valence-corrected chi connectivity index (χ0v) is 11.3. The van der Waals surface area contributed by atoms with E-state index in [-0.39, 0.29) is 12.1 Å². The number of carbonyl (C=O) groups is 1. The third-order valence-electron chi connectivity index (χ3n) is 3.88. The second kappa shape index (κ2) is 5.10. The van der Waals surface area contributed by atoms with E-state index in [9.17, 15) is 9.90 Å². The minimum atomic E-state index is -0.321. The predicted molar refractivity (Wildman–Crippen MR) is 70.0 cm³/mol. The van der Waals surface area contributed by atoms with Crippen molar-refractivity contribution in [2.75, 3.05) is 11.9 Å². The second-order valence-corrected chi connectivity index (χ2v) is 5.09. The van der Waals surface area contributed by atoms with Crippen LogP contribution in [0, 0.1) is 6.92 Å². The number of aromatic nitrogens is 2. The molecule has 0 bridgehead atoms. The normalized spacial score (nSPS) is 24.0. The highest BCUT2D eigenvalue weighted by molar-refractivity contribution is 5.84. The summed E-state index contributed by atoms with van der Waals surface area (Å²) in [5.74, 6) is 0.799. The van der Waals surface area contributed by atoms with Crippen molar-refractivity contribution in [2.45, 2.75) is 44.8 Å². The number of carbonyl (C=O) groups excluding carboxylic acids is 1. The van der Waals surface area contributed by atoms with Crippen LogP contribution in [0.4, 0.5) is 5.82 Å². The number of rotatable bonds is 3. The van der Waals surface area contributed by atoms with E-state index in [4.69, 9.17) is 0 Å². The number of likely N-dealkylation sites (N-methyl/N-ethyl adjacent to an activating group) is 1. The number of aryl methyl sites for hydroxylation is 2. The zero-order valence-electron chi connectivity index (χ0n) is 11.3. The fraction of sp³-hybridized carbons (Fsp3) is 0.692. The quantitative estimate of drug-likeness (QED) is 0.822. The molecule has 0 saturated heterocycles. The molecule has 1 heterocycles. The molecule has 0 amide bonds. The van der Waals surface area contributed by atoms with Gasteiger partial charge in [0.05, 0.1) is 23.4 Å². The molecule has 5 nitrogen and oxygen atoms in total. The Balaban J connectivity index is 2.32. The predicted octanol–water partition coefficient (Wildman–Crippen LogP) is 1.28. The maximum absolute atomic E-state index is 11.2. The highest BCUT2D eigenvalue weighted by atomic mass is 16.3. The van der Waals surface area contributed by atoms with E-state index >= 15 is 0 Å². The Kier molecular flexibility index (Phi) is 3.71. The Morgan fingerprint density at radius 1 is 1.44 bits per heavy atom. The van der Waals surface area contributed by atoms with E-state index < -0.39 is 0 Å². The van der Waals surface area contributed by atoms with Gasteiger partial charge in [0.1, 0.15) is 5.82 Å². The van der Waals surface area contributed by atoms with Crippen molar-refractivity contribution < 1.29 is 9.90 Å². The summed E-state index contributed by atoms with van der Waals surface area (Å²) in [7, 11) is 3.77. The molecule has 1 saturated carbocycles. The average Bonchev–Trinajstić information content (AvgIpc) is 2.63. The van der Waals surface area contributed by atoms with Crippen LogP contribution in [-0.2, 0) is 7.05 Å². The second-order valence-electron chi connectivity index (χ2n) is 5.09. The van der Waals surface area contributed by atoms with Crippen molar-refractivity contribution in [3.8, 4) is 0 Å². The first-order valence-electron chi connectivity index (χ1n) is 6.46. The topological polar surface area (TPSA) is 58.4 Å². The zero-order chi connectivity index (χ0) is 13.3. The molecule has 0 radical (unpaired) electrons. The molecule has 0 spiro atoms. The molecule has 2 unspecified atom stereocenters. The van der Waals surface area contributed by atoms with Gasteiger partial charge in [0.25, 0.3) is 0 Å². The Labute approximate surface area is 107 Å². The van der Waals surface area contributed by atoms with Gasteiger partial charge >= 0.3 is 0 Å². The molecule has 1 N–H and O–H groups in total. The van der Waals surface area contributed by atoms with Crippen molar-refractivity contribution >= 4 is 12.1 Å². The highest BCUT2D eigenvalue weighted by Crippen LogP contribution is 2.29. The summed E-state index contributed by atoms with van der Waals surface area (Å²) in [6.07, 6.45) is 4.53. The Bertz CT molecular complexity index is 442. The Hall–Kier alpha value is -1.36. The summed E-state index contributed by atoms with van der Waals surface area (Å²) in [4.78, 5) is 13.2. The van der Waals surface area contributed by atoms with Gasteiger partial charge in [-0.15, -0.1) is 0 Å². The standard InChI is InChI=1S/C13H21N3O2/c1-9-10(8-17)13(16(3)14-9)15(2)11-6-4-5-7-12(11)18/h8,11-12,18H,4-7H2,1-3H3. The van der Waals surface area contributed by atoms with Crippen LogP contribution < -0.4 is 4.90 Å². The van der Waals surface area contributed by atoms with Gasteiger partial charge in [-0.25, -0.2) is 0 Å². The largest absolute Gasteiger partial charge is 0.391 e. The molecule has 100 valence electrons. The molecule has 5 heteroatoms. The summed E-state index contributed by atoms with van der Waals surface area (Å²) >= 11 is 0. The maximum Gasteiger partial charge on any atom is 0.155 e.